The molecule has 1 fully saturated rings. The molecule has 1 aliphatic carbocycles. The van der Waals surface area contributed by atoms with Crippen LogP contribution in [0.1, 0.15) is 56.2 Å². The third-order valence-corrected chi connectivity index (χ3v) is 4.93. The van der Waals surface area contributed by atoms with Crippen molar-refractivity contribution < 1.29 is 0 Å². The molecule has 0 amide bonds. The van der Waals surface area contributed by atoms with Crippen LogP contribution in [0.5, 0.6) is 0 Å². The van der Waals surface area contributed by atoms with Gasteiger partial charge in [0.15, 0.2) is 0 Å². The van der Waals surface area contributed by atoms with Crippen LogP contribution in [0.15, 0.2) is 24.3 Å². The van der Waals surface area contributed by atoms with Crippen molar-refractivity contribution in [3.63, 3.8) is 0 Å². The molecule has 20 heavy (non-hydrogen) atoms. The van der Waals surface area contributed by atoms with Crippen LogP contribution in [0.2, 0.25) is 0 Å². The van der Waals surface area contributed by atoms with Crippen LogP contribution in [-0.2, 0) is 0 Å². The predicted octanol–water partition coefficient (Wildman–Crippen LogP) is 3.90. The van der Waals surface area contributed by atoms with E-state index in [4.69, 9.17) is 5.73 Å². The summed E-state index contributed by atoms with van der Waals surface area (Å²) in [4.78, 5) is 2.54. The van der Waals surface area contributed by atoms with Gasteiger partial charge < -0.3 is 10.6 Å². The Labute approximate surface area is 124 Å². The minimum atomic E-state index is 0.164. The Kier molecular flexibility index (Phi) is 5.62. The number of hydrogen-bond donors (Lipinski definition) is 1. The second kappa shape index (κ2) is 7.24. The van der Waals surface area contributed by atoms with Crippen molar-refractivity contribution in [2.24, 2.45) is 11.7 Å². The molecule has 3 unspecified atom stereocenters. The van der Waals surface area contributed by atoms with Gasteiger partial charge in [-0.05, 0) is 51.3 Å². The fourth-order valence-electron chi connectivity index (χ4n) is 3.44. The van der Waals surface area contributed by atoms with Gasteiger partial charge in [0.25, 0.3) is 0 Å². The lowest BCUT2D eigenvalue weighted by Crippen LogP contribution is -2.40. The maximum atomic E-state index is 6.33. The van der Waals surface area contributed by atoms with Crippen LogP contribution in [0.3, 0.4) is 0 Å². The summed E-state index contributed by atoms with van der Waals surface area (Å²) >= 11 is 0. The Morgan fingerprint density at radius 2 is 1.85 bits per heavy atom. The summed E-state index contributed by atoms with van der Waals surface area (Å²) in [6.07, 6.45) is 6.59. The van der Waals surface area contributed by atoms with Crippen molar-refractivity contribution in [1.82, 2.24) is 4.90 Å². The molecule has 112 valence electrons. The van der Waals surface area contributed by atoms with E-state index >= 15 is 0 Å². The second-order valence-corrected chi connectivity index (χ2v) is 6.62. The number of hydrogen-bond acceptors (Lipinski definition) is 2. The van der Waals surface area contributed by atoms with Gasteiger partial charge >= 0.3 is 0 Å². The highest BCUT2D eigenvalue weighted by molar-refractivity contribution is 5.23. The lowest BCUT2D eigenvalue weighted by molar-refractivity contribution is 0.136. The van der Waals surface area contributed by atoms with E-state index in [1.54, 1.807) is 0 Å². The number of nitrogens with two attached hydrogens (primary N) is 1. The third kappa shape index (κ3) is 4.07. The molecule has 2 nitrogen and oxygen atoms in total. The Hall–Kier alpha value is -0.860. The van der Waals surface area contributed by atoms with Crippen LogP contribution in [0.25, 0.3) is 0 Å². The van der Waals surface area contributed by atoms with Gasteiger partial charge in [0.05, 0.1) is 0 Å². The van der Waals surface area contributed by atoms with Crippen molar-refractivity contribution >= 4 is 0 Å². The first-order valence-corrected chi connectivity index (χ1v) is 8.10. The zero-order valence-electron chi connectivity index (χ0n) is 13.3. The molecule has 2 heteroatoms. The van der Waals surface area contributed by atoms with E-state index in [9.17, 15) is 0 Å². The van der Waals surface area contributed by atoms with Gasteiger partial charge in [-0.2, -0.15) is 0 Å². The zero-order valence-corrected chi connectivity index (χ0v) is 13.3. The van der Waals surface area contributed by atoms with Gasteiger partial charge in [0.2, 0.25) is 0 Å². The highest BCUT2D eigenvalue weighted by atomic mass is 15.1. The summed E-state index contributed by atoms with van der Waals surface area (Å²) in [7, 11) is 2.27. The van der Waals surface area contributed by atoms with Gasteiger partial charge in [0.1, 0.15) is 0 Å². The van der Waals surface area contributed by atoms with Gasteiger partial charge in [0, 0.05) is 12.1 Å². The smallest absolute Gasteiger partial charge is 0.0307 e. The Bertz CT molecular complexity index is 398. The molecule has 0 saturated heterocycles. The Morgan fingerprint density at radius 1 is 1.20 bits per heavy atom. The largest absolute Gasteiger partial charge is 0.324 e. The van der Waals surface area contributed by atoms with E-state index in [1.165, 1.54) is 36.8 Å². The molecule has 2 N–H and O–H groups in total. The average Bonchev–Trinajstić information content (AvgIpc) is 2.45. The topological polar surface area (TPSA) is 29.3 Å². The van der Waals surface area contributed by atoms with Crippen LogP contribution >= 0.6 is 0 Å². The number of nitrogens with zero attached hydrogens (tertiary/aromatic N) is 1. The molecule has 0 spiro atoms. The molecular formula is C18H30N2. The van der Waals surface area contributed by atoms with Crippen molar-refractivity contribution in [1.29, 1.82) is 0 Å². The van der Waals surface area contributed by atoms with Crippen molar-refractivity contribution in [3.8, 4) is 0 Å². The van der Waals surface area contributed by atoms with E-state index in [2.05, 4.69) is 50.1 Å². The van der Waals surface area contributed by atoms with Crippen LogP contribution in [0.4, 0.5) is 0 Å². The molecule has 1 aromatic rings. The molecule has 0 radical (unpaired) electrons. The van der Waals surface area contributed by atoms with E-state index in [-0.39, 0.29) is 6.04 Å². The second-order valence-electron chi connectivity index (χ2n) is 6.62. The highest BCUT2D eigenvalue weighted by Gasteiger charge is 2.24. The SMILES string of the molecule is Cc1ccc(C(N)CCN(C)C2CCCCC2C)cc1. The van der Waals surface area contributed by atoms with Crippen molar-refractivity contribution in [3.05, 3.63) is 35.4 Å². The molecule has 1 saturated carbocycles. The summed E-state index contributed by atoms with van der Waals surface area (Å²) in [6, 6.07) is 9.57. The first-order valence-electron chi connectivity index (χ1n) is 8.10. The molecule has 0 aliphatic heterocycles. The lowest BCUT2D eigenvalue weighted by atomic mass is 9.85. The monoisotopic (exact) mass is 274 g/mol. The summed E-state index contributed by atoms with van der Waals surface area (Å²) in [5.41, 5.74) is 8.90. The summed E-state index contributed by atoms with van der Waals surface area (Å²) in [5, 5.41) is 0. The van der Waals surface area contributed by atoms with E-state index in [1.807, 2.05) is 0 Å². The molecule has 1 aliphatic rings. The maximum Gasteiger partial charge on any atom is 0.0307 e. The van der Waals surface area contributed by atoms with E-state index in [0.717, 1.165) is 24.9 Å². The molecule has 0 aromatic heterocycles. The minimum absolute atomic E-state index is 0.164. The average molecular weight is 274 g/mol. The van der Waals surface area contributed by atoms with Crippen LogP contribution in [0, 0.1) is 12.8 Å². The number of rotatable bonds is 5. The fraction of sp³-hybridized carbons (Fsp3) is 0.667. The maximum absolute atomic E-state index is 6.33. The van der Waals surface area contributed by atoms with E-state index in [0.29, 0.717) is 0 Å². The van der Waals surface area contributed by atoms with Crippen LogP contribution in [-0.4, -0.2) is 24.5 Å². The first kappa shape index (κ1) is 15.5. The quantitative estimate of drug-likeness (QED) is 0.882. The summed E-state index contributed by atoms with van der Waals surface area (Å²) < 4.78 is 0. The first-order chi connectivity index (χ1) is 9.58. The van der Waals surface area contributed by atoms with Gasteiger partial charge in [-0.1, -0.05) is 49.6 Å². The van der Waals surface area contributed by atoms with Gasteiger partial charge in [-0.3, -0.25) is 0 Å². The minimum Gasteiger partial charge on any atom is -0.324 e. The summed E-state index contributed by atoms with van der Waals surface area (Å²) in [6.45, 7) is 5.62. The fourth-order valence-corrected chi connectivity index (χ4v) is 3.44. The third-order valence-electron chi connectivity index (χ3n) is 4.93. The Balaban J connectivity index is 1.83. The number of aryl methyl sites for hydroxylation is 1. The molecular weight excluding hydrogens is 244 g/mol. The number of benzene rings is 1. The predicted molar refractivity (Wildman–Crippen MR) is 86.8 cm³/mol. The summed E-state index contributed by atoms with van der Waals surface area (Å²) in [5.74, 6) is 0.837. The van der Waals surface area contributed by atoms with Crippen molar-refractivity contribution in [2.45, 2.75) is 58.0 Å². The van der Waals surface area contributed by atoms with Gasteiger partial charge in [-0.15, -0.1) is 0 Å². The molecule has 0 bridgehead atoms. The Morgan fingerprint density at radius 3 is 2.50 bits per heavy atom. The zero-order chi connectivity index (χ0) is 14.5. The normalized spacial score (nSPS) is 24.9. The van der Waals surface area contributed by atoms with E-state index < -0.39 is 0 Å². The van der Waals surface area contributed by atoms with Crippen LogP contribution < -0.4 is 5.73 Å². The molecule has 2 rings (SSSR count). The van der Waals surface area contributed by atoms with Crippen molar-refractivity contribution in [2.75, 3.05) is 13.6 Å². The standard InChI is InChI=1S/C18H30N2/c1-14-8-10-16(11-9-14)17(19)12-13-20(3)18-7-5-4-6-15(18)2/h8-11,15,17-18H,4-7,12-13,19H2,1-3H3. The van der Waals surface area contributed by atoms with Gasteiger partial charge in [-0.25, -0.2) is 0 Å². The molecule has 3 atom stereocenters. The molecule has 0 heterocycles. The highest BCUT2D eigenvalue weighted by Crippen LogP contribution is 2.28. The molecule has 1 aromatic carbocycles. The lowest BCUT2D eigenvalue weighted by Gasteiger charge is -2.36.